The lowest BCUT2D eigenvalue weighted by atomic mass is 9.82. The molecule has 4 rings (SSSR count). The van der Waals surface area contributed by atoms with Crippen LogP contribution in [0.4, 0.5) is 5.00 Å². The zero-order valence-corrected chi connectivity index (χ0v) is 18.4. The van der Waals surface area contributed by atoms with Gasteiger partial charge in [0.2, 0.25) is 5.91 Å². The number of carbonyl (C=O) groups excluding carboxylic acids is 2. The van der Waals surface area contributed by atoms with Crippen molar-refractivity contribution >= 4 is 34.1 Å². The van der Waals surface area contributed by atoms with E-state index in [2.05, 4.69) is 10.6 Å². The predicted octanol–water partition coefficient (Wildman–Crippen LogP) is 4.14. The van der Waals surface area contributed by atoms with Crippen molar-refractivity contribution in [2.24, 2.45) is 23.7 Å². The largest absolute Gasteiger partial charge is 0.481 e. The third kappa shape index (κ3) is 3.80. The highest BCUT2D eigenvalue weighted by atomic mass is 32.1. The molecule has 0 spiro atoms. The van der Waals surface area contributed by atoms with Crippen LogP contribution in [0.3, 0.4) is 0 Å². The van der Waals surface area contributed by atoms with Gasteiger partial charge in [0.15, 0.2) is 0 Å². The predicted molar refractivity (Wildman–Crippen MR) is 117 cm³/mol. The van der Waals surface area contributed by atoms with Gasteiger partial charge >= 0.3 is 5.97 Å². The molecule has 2 bridgehead atoms. The number of rotatable bonds is 6. The average Bonchev–Trinajstić information content (AvgIpc) is 3.41. The van der Waals surface area contributed by atoms with Crippen LogP contribution in [0, 0.1) is 30.6 Å². The summed E-state index contributed by atoms with van der Waals surface area (Å²) in [6, 6.07) is 0.187. The number of hydrogen-bond donors (Lipinski definition) is 3. The Morgan fingerprint density at radius 3 is 2.40 bits per heavy atom. The maximum absolute atomic E-state index is 13.2. The molecule has 0 saturated heterocycles. The first-order valence-corrected chi connectivity index (χ1v) is 11.9. The number of aryl methyl sites for hydroxylation is 1. The van der Waals surface area contributed by atoms with E-state index in [1.54, 1.807) is 0 Å². The van der Waals surface area contributed by atoms with Gasteiger partial charge < -0.3 is 15.7 Å². The number of allylic oxidation sites excluding steroid dienone is 2. The lowest BCUT2D eigenvalue weighted by Gasteiger charge is -2.24. The van der Waals surface area contributed by atoms with Gasteiger partial charge in [0.05, 0.1) is 17.4 Å². The molecule has 6 nitrogen and oxygen atoms in total. The second kappa shape index (κ2) is 8.53. The average molecular weight is 431 g/mol. The topological polar surface area (TPSA) is 95.5 Å². The molecular weight excluding hydrogens is 400 g/mol. The number of anilines is 1. The van der Waals surface area contributed by atoms with Crippen LogP contribution in [0.25, 0.3) is 0 Å². The van der Waals surface area contributed by atoms with Gasteiger partial charge in [0.1, 0.15) is 5.00 Å². The first kappa shape index (κ1) is 21.1. The minimum atomic E-state index is -0.918. The van der Waals surface area contributed by atoms with E-state index in [0.717, 1.165) is 36.1 Å². The third-order valence-corrected chi connectivity index (χ3v) is 8.08. The summed E-state index contributed by atoms with van der Waals surface area (Å²) in [5, 5.41) is 16.3. The molecule has 7 heteroatoms. The third-order valence-electron chi connectivity index (χ3n) is 7.01. The van der Waals surface area contributed by atoms with Gasteiger partial charge in [0.25, 0.3) is 5.91 Å². The normalized spacial score (nSPS) is 27.9. The summed E-state index contributed by atoms with van der Waals surface area (Å²) in [5.74, 6) is -2.71. The number of carboxylic acid groups (broad SMARTS) is 1. The van der Waals surface area contributed by atoms with E-state index < -0.39 is 17.8 Å². The fraction of sp³-hybridized carbons (Fsp3) is 0.609. The van der Waals surface area contributed by atoms with Crippen LogP contribution in [0.5, 0.6) is 0 Å². The standard InChI is InChI=1S/C23H30N2O4S/c1-3-16-12(2)30-22(19(16)21(27)24-15-7-5-4-6-8-15)25-20(26)17-13-9-10-14(11-13)18(17)23(28)29/h9-10,13-15,17-18H,3-8,11H2,1-2H3,(H,24,27)(H,25,26)(H,28,29)/t13-,14-,17-,18+/m0/s1. The number of carbonyl (C=O) groups is 3. The Labute approximate surface area is 181 Å². The van der Waals surface area contributed by atoms with Crippen LogP contribution >= 0.6 is 11.3 Å². The summed E-state index contributed by atoms with van der Waals surface area (Å²) in [7, 11) is 0. The van der Waals surface area contributed by atoms with Gasteiger partial charge in [-0.1, -0.05) is 38.3 Å². The van der Waals surface area contributed by atoms with Crippen molar-refractivity contribution in [3.63, 3.8) is 0 Å². The molecule has 162 valence electrons. The molecule has 0 radical (unpaired) electrons. The van der Waals surface area contributed by atoms with E-state index in [4.69, 9.17) is 0 Å². The smallest absolute Gasteiger partial charge is 0.307 e. The van der Waals surface area contributed by atoms with Crippen molar-refractivity contribution in [1.82, 2.24) is 5.32 Å². The molecular formula is C23H30N2O4S. The van der Waals surface area contributed by atoms with Crippen LogP contribution < -0.4 is 10.6 Å². The SMILES string of the molecule is CCc1c(C)sc(NC(=O)[C@@H]2[C@H](C(=O)O)[C@H]3C=C[C@H]2C3)c1C(=O)NC1CCCCC1. The zero-order chi connectivity index (χ0) is 21.4. The number of hydrogen-bond acceptors (Lipinski definition) is 4. The Bertz CT molecular complexity index is 884. The fourth-order valence-electron chi connectivity index (χ4n) is 5.55. The Morgan fingerprint density at radius 1 is 1.10 bits per heavy atom. The number of aliphatic carboxylic acids is 1. The number of nitrogens with one attached hydrogen (secondary N) is 2. The molecule has 1 aromatic heterocycles. The molecule has 0 unspecified atom stereocenters. The second-order valence-corrected chi connectivity index (χ2v) is 10.1. The number of thiophene rings is 1. The molecule has 2 fully saturated rings. The lowest BCUT2D eigenvalue weighted by molar-refractivity contribution is -0.146. The zero-order valence-electron chi connectivity index (χ0n) is 17.6. The Kier molecular flexibility index (Phi) is 6.00. The van der Waals surface area contributed by atoms with E-state index in [0.29, 0.717) is 23.4 Å². The maximum atomic E-state index is 13.2. The quantitative estimate of drug-likeness (QED) is 0.591. The summed E-state index contributed by atoms with van der Waals surface area (Å²) < 4.78 is 0. The number of fused-ring (bicyclic) bond motifs is 2. The van der Waals surface area contributed by atoms with Crippen molar-refractivity contribution in [1.29, 1.82) is 0 Å². The van der Waals surface area contributed by atoms with Crippen LogP contribution in [-0.2, 0) is 16.0 Å². The highest BCUT2D eigenvalue weighted by molar-refractivity contribution is 7.16. The molecule has 2 saturated carbocycles. The molecule has 0 aromatic carbocycles. The van der Waals surface area contributed by atoms with Gasteiger partial charge in [-0.2, -0.15) is 0 Å². The molecule has 3 aliphatic carbocycles. The van der Waals surface area contributed by atoms with Gasteiger partial charge in [-0.25, -0.2) is 0 Å². The van der Waals surface area contributed by atoms with Gasteiger partial charge in [-0.15, -0.1) is 11.3 Å². The first-order valence-electron chi connectivity index (χ1n) is 11.1. The molecule has 2 amide bonds. The van der Waals surface area contributed by atoms with Crippen LogP contribution in [0.2, 0.25) is 0 Å². The molecule has 30 heavy (non-hydrogen) atoms. The molecule has 1 heterocycles. The van der Waals surface area contributed by atoms with E-state index in [1.807, 2.05) is 26.0 Å². The van der Waals surface area contributed by atoms with E-state index in [1.165, 1.54) is 17.8 Å². The lowest BCUT2D eigenvalue weighted by Crippen LogP contribution is -2.38. The Hall–Kier alpha value is -2.15. The van der Waals surface area contributed by atoms with E-state index in [9.17, 15) is 19.5 Å². The number of amides is 2. The van der Waals surface area contributed by atoms with Crippen LogP contribution in [0.1, 0.15) is 66.2 Å². The van der Waals surface area contributed by atoms with Gasteiger partial charge in [-0.3, -0.25) is 14.4 Å². The summed E-state index contributed by atoms with van der Waals surface area (Å²) in [5.41, 5.74) is 1.52. The van der Waals surface area contributed by atoms with Gasteiger partial charge in [0, 0.05) is 10.9 Å². The Balaban J connectivity index is 1.56. The van der Waals surface area contributed by atoms with Crippen molar-refractivity contribution in [2.45, 2.75) is 64.8 Å². The van der Waals surface area contributed by atoms with E-state index in [-0.39, 0.29) is 29.7 Å². The highest BCUT2D eigenvalue weighted by Gasteiger charge is 2.51. The molecule has 3 aliphatic rings. The molecule has 0 aliphatic heterocycles. The van der Waals surface area contributed by atoms with Crippen molar-refractivity contribution < 1.29 is 19.5 Å². The van der Waals surface area contributed by atoms with Crippen LogP contribution in [0.15, 0.2) is 12.2 Å². The first-order chi connectivity index (χ1) is 14.4. The fourth-order valence-corrected chi connectivity index (χ4v) is 6.69. The summed E-state index contributed by atoms with van der Waals surface area (Å²) >= 11 is 1.41. The summed E-state index contributed by atoms with van der Waals surface area (Å²) in [6.45, 7) is 3.98. The van der Waals surface area contributed by atoms with Crippen molar-refractivity contribution in [2.75, 3.05) is 5.32 Å². The maximum Gasteiger partial charge on any atom is 0.307 e. The highest BCUT2D eigenvalue weighted by Crippen LogP contribution is 2.49. The summed E-state index contributed by atoms with van der Waals surface area (Å²) in [4.78, 5) is 39.1. The second-order valence-electron chi connectivity index (χ2n) is 8.83. The number of carboxylic acids is 1. The Morgan fingerprint density at radius 2 is 1.77 bits per heavy atom. The monoisotopic (exact) mass is 430 g/mol. The van der Waals surface area contributed by atoms with Crippen molar-refractivity contribution in [3.05, 3.63) is 28.2 Å². The minimum absolute atomic E-state index is 0.0395. The minimum Gasteiger partial charge on any atom is -0.481 e. The molecule has 4 atom stereocenters. The molecule has 3 N–H and O–H groups in total. The van der Waals surface area contributed by atoms with Crippen molar-refractivity contribution in [3.8, 4) is 0 Å². The summed E-state index contributed by atoms with van der Waals surface area (Å²) in [6.07, 6.45) is 10.8. The molecule has 1 aromatic rings. The van der Waals surface area contributed by atoms with E-state index >= 15 is 0 Å². The van der Waals surface area contributed by atoms with Crippen LogP contribution in [-0.4, -0.2) is 28.9 Å². The van der Waals surface area contributed by atoms with Gasteiger partial charge in [-0.05, 0) is 50.0 Å².